The number of aromatic nitrogens is 2. The van der Waals surface area contributed by atoms with Gasteiger partial charge in [-0.3, -0.25) is 0 Å². The van der Waals surface area contributed by atoms with Crippen LogP contribution in [0.5, 0.6) is 0 Å². The van der Waals surface area contributed by atoms with Crippen LogP contribution in [0.4, 0.5) is 0 Å². The minimum atomic E-state index is -1.58. The van der Waals surface area contributed by atoms with E-state index in [2.05, 4.69) is 9.84 Å². The average molecular weight is 220 g/mol. The molecule has 82 valence electrons. The lowest BCUT2D eigenvalue weighted by Crippen LogP contribution is -2.30. The number of ether oxygens (including phenoxy) is 1. The van der Waals surface area contributed by atoms with E-state index in [1.807, 2.05) is 0 Å². The van der Waals surface area contributed by atoms with Crippen molar-refractivity contribution in [3.63, 3.8) is 0 Å². The molecule has 2 aromatic heterocycles. The van der Waals surface area contributed by atoms with Crippen LogP contribution in [0.1, 0.15) is 10.4 Å². The van der Waals surface area contributed by atoms with E-state index >= 15 is 0 Å². The molecule has 0 atom stereocenters. The van der Waals surface area contributed by atoms with Crippen LogP contribution in [0.3, 0.4) is 0 Å². The third-order valence-corrected chi connectivity index (χ3v) is 2.19. The van der Waals surface area contributed by atoms with Gasteiger partial charge in [-0.1, -0.05) is 0 Å². The molecule has 0 saturated heterocycles. The lowest BCUT2D eigenvalue weighted by atomic mass is 9.82. The first-order valence-corrected chi connectivity index (χ1v) is 4.54. The van der Waals surface area contributed by atoms with Crippen molar-refractivity contribution in [1.82, 2.24) is 9.61 Å². The standard InChI is InChI=1S/C9H9BN2O4/c1-16-9(13)6-2-8-3-7(10(14)15)4-11-12(8)5-6/h2-5,14-15H,1H3. The zero-order valence-corrected chi connectivity index (χ0v) is 8.49. The van der Waals surface area contributed by atoms with E-state index in [0.29, 0.717) is 11.1 Å². The molecule has 0 radical (unpaired) electrons. The molecular formula is C9H9BN2O4. The molecule has 0 spiro atoms. The molecule has 0 amide bonds. The Morgan fingerprint density at radius 1 is 1.50 bits per heavy atom. The summed E-state index contributed by atoms with van der Waals surface area (Å²) >= 11 is 0. The molecule has 2 heterocycles. The van der Waals surface area contributed by atoms with Crippen molar-refractivity contribution in [2.75, 3.05) is 7.11 Å². The van der Waals surface area contributed by atoms with Gasteiger partial charge in [0.05, 0.1) is 18.2 Å². The molecule has 7 heteroatoms. The molecule has 0 bridgehead atoms. The predicted molar refractivity (Wildman–Crippen MR) is 56.4 cm³/mol. The molecule has 0 unspecified atom stereocenters. The normalized spacial score (nSPS) is 10.4. The quantitative estimate of drug-likeness (QED) is 0.490. The van der Waals surface area contributed by atoms with Crippen LogP contribution >= 0.6 is 0 Å². The summed E-state index contributed by atoms with van der Waals surface area (Å²) < 4.78 is 6.02. The number of methoxy groups -OCH3 is 1. The van der Waals surface area contributed by atoms with Gasteiger partial charge in [-0.2, -0.15) is 5.10 Å². The first-order chi connectivity index (χ1) is 7.61. The third kappa shape index (κ3) is 1.78. The largest absolute Gasteiger partial charge is 0.490 e. The molecule has 0 saturated carbocycles. The lowest BCUT2D eigenvalue weighted by molar-refractivity contribution is 0.0601. The van der Waals surface area contributed by atoms with Gasteiger partial charge in [0.1, 0.15) is 0 Å². The molecule has 0 aliphatic carbocycles. The van der Waals surface area contributed by atoms with Crippen LogP contribution < -0.4 is 5.46 Å². The van der Waals surface area contributed by atoms with Crippen LogP contribution in [0.15, 0.2) is 24.5 Å². The van der Waals surface area contributed by atoms with Crippen LogP contribution in [0.25, 0.3) is 5.52 Å². The van der Waals surface area contributed by atoms with E-state index in [-0.39, 0.29) is 5.46 Å². The van der Waals surface area contributed by atoms with Crippen LogP contribution in [-0.2, 0) is 4.74 Å². The molecule has 0 aliphatic heterocycles. The Labute approximate surface area is 91.2 Å². The number of rotatable bonds is 2. The molecule has 2 aromatic rings. The minimum Gasteiger partial charge on any atom is -0.465 e. The zero-order chi connectivity index (χ0) is 11.7. The van der Waals surface area contributed by atoms with Gasteiger partial charge in [-0.05, 0) is 12.1 Å². The van der Waals surface area contributed by atoms with Gasteiger partial charge in [-0.15, -0.1) is 0 Å². The highest BCUT2D eigenvalue weighted by Crippen LogP contribution is 2.08. The Kier molecular flexibility index (Phi) is 2.63. The van der Waals surface area contributed by atoms with Gasteiger partial charge < -0.3 is 14.8 Å². The topological polar surface area (TPSA) is 84.1 Å². The Morgan fingerprint density at radius 2 is 2.25 bits per heavy atom. The monoisotopic (exact) mass is 220 g/mol. The molecule has 0 aromatic carbocycles. The Hall–Kier alpha value is -1.86. The van der Waals surface area contributed by atoms with E-state index in [4.69, 9.17) is 10.0 Å². The summed E-state index contributed by atoms with van der Waals surface area (Å²) in [4.78, 5) is 11.2. The first-order valence-electron chi connectivity index (χ1n) is 4.54. The maximum atomic E-state index is 11.2. The Morgan fingerprint density at radius 3 is 2.88 bits per heavy atom. The van der Waals surface area contributed by atoms with Gasteiger partial charge >= 0.3 is 13.1 Å². The molecule has 0 aliphatic rings. The summed E-state index contributed by atoms with van der Waals surface area (Å²) in [5.41, 5.74) is 1.22. The van der Waals surface area contributed by atoms with E-state index < -0.39 is 13.1 Å². The second-order valence-corrected chi connectivity index (χ2v) is 3.25. The second kappa shape index (κ2) is 3.95. The molecule has 6 nitrogen and oxygen atoms in total. The third-order valence-electron chi connectivity index (χ3n) is 2.19. The van der Waals surface area contributed by atoms with Gasteiger partial charge in [0, 0.05) is 17.9 Å². The maximum Gasteiger partial charge on any atom is 0.490 e. The summed E-state index contributed by atoms with van der Waals surface area (Å²) in [7, 11) is -0.282. The summed E-state index contributed by atoms with van der Waals surface area (Å²) in [6, 6.07) is 3.09. The Balaban J connectivity index is 2.50. The number of carbonyl (C=O) groups excluding carboxylic acids is 1. The average Bonchev–Trinajstić information content (AvgIpc) is 2.70. The van der Waals surface area contributed by atoms with Crippen molar-refractivity contribution in [2.45, 2.75) is 0 Å². The SMILES string of the molecule is COC(=O)c1cc2cc(B(O)O)cnn2c1. The fraction of sp³-hybridized carbons (Fsp3) is 0.111. The number of fused-ring (bicyclic) bond motifs is 1. The van der Waals surface area contributed by atoms with Crippen molar-refractivity contribution >= 4 is 24.1 Å². The molecular weight excluding hydrogens is 211 g/mol. The number of hydrogen-bond donors (Lipinski definition) is 2. The first kappa shape index (κ1) is 10.7. The van der Waals surface area contributed by atoms with Crippen molar-refractivity contribution < 1.29 is 19.6 Å². The highest BCUT2D eigenvalue weighted by Gasteiger charge is 2.14. The summed E-state index contributed by atoms with van der Waals surface area (Å²) in [5, 5.41) is 21.8. The van der Waals surface area contributed by atoms with Crippen molar-refractivity contribution in [1.29, 1.82) is 0 Å². The number of nitrogens with zero attached hydrogens (tertiary/aromatic N) is 2. The van der Waals surface area contributed by atoms with Gasteiger partial charge in [-0.25, -0.2) is 9.31 Å². The van der Waals surface area contributed by atoms with E-state index in [0.717, 1.165) is 0 Å². The molecule has 0 fully saturated rings. The fourth-order valence-corrected chi connectivity index (χ4v) is 1.38. The predicted octanol–water partition coefficient (Wildman–Crippen LogP) is -1.20. The summed E-state index contributed by atoms with van der Waals surface area (Å²) in [6.07, 6.45) is 2.83. The van der Waals surface area contributed by atoms with Gasteiger partial charge in [0.25, 0.3) is 0 Å². The smallest absolute Gasteiger partial charge is 0.465 e. The van der Waals surface area contributed by atoms with Crippen molar-refractivity contribution in [2.24, 2.45) is 0 Å². The van der Waals surface area contributed by atoms with Crippen LogP contribution in [-0.4, -0.2) is 39.9 Å². The van der Waals surface area contributed by atoms with Crippen LogP contribution in [0.2, 0.25) is 0 Å². The highest BCUT2D eigenvalue weighted by molar-refractivity contribution is 6.58. The van der Waals surface area contributed by atoms with Gasteiger partial charge in [0.15, 0.2) is 0 Å². The zero-order valence-electron chi connectivity index (χ0n) is 8.49. The lowest BCUT2D eigenvalue weighted by Gasteiger charge is -1.98. The van der Waals surface area contributed by atoms with Crippen LogP contribution in [0, 0.1) is 0 Å². The second-order valence-electron chi connectivity index (χ2n) is 3.25. The van der Waals surface area contributed by atoms with E-state index in [9.17, 15) is 4.79 Å². The number of esters is 1. The van der Waals surface area contributed by atoms with E-state index in [1.54, 1.807) is 6.07 Å². The molecule has 16 heavy (non-hydrogen) atoms. The number of hydrogen-bond acceptors (Lipinski definition) is 5. The van der Waals surface area contributed by atoms with Gasteiger partial charge in [0.2, 0.25) is 0 Å². The number of carbonyl (C=O) groups is 1. The Bertz CT molecular complexity index is 537. The van der Waals surface area contributed by atoms with Crippen molar-refractivity contribution in [3.05, 3.63) is 30.1 Å². The summed E-state index contributed by atoms with van der Waals surface area (Å²) in [5.74, 6) is -0.461. The van der Waals surface area contributed by atoms with E-state index in [1.165, 1.54) is 30.1 Å². The summed E-state index contributed by atoms with van der Waals surface area (Å²) in [6.45, 7) is 0. The molecule has 2 rings (SSSR count). The fourth-order valence-electron chi connectivity index (χ4n) is 1.38. The minimum absolute atomic E-state index is 0.266. The van der Waals surface area contributed by atoms with Crippen molar-refractivity contribution in [3.8, 4) is 0 Å². The highest BCUT2D eigenvalue weighted by atomic mass is 16.5. The maximum absolute atomic E-state index is 11.2. The molecule has 2 N–H and O–H groups in total.